The van der Waals surface area contributed by atoms with Crippen LogP contribution in [-0.2, 0) is 4.12 Å². The first-order valence-electron chi connectivity index (χ1n) is 1.63. The molecule has 12 heteroatoms. The molecule has 0 bridgehead atoms. The predicted molar refractivity (Wildman–Crippen MR) is 24.1 cm³/mol. The Morgan fingerprint density at radius 2 is 0.917 bits per heavy atom. The molecule has 0 rings (SSSR count). The van der Waals surface area contributed by atoms with Crippen molar-refractivity contribution in [3.63, 3.8) is 0 Å². The van der Waals surface area contributed by atoms with Crippen LogP contribution in [0, 0.1) is 0 Å². The van der Waals surface area contributed by atoms with Crippen molar-refractivity contribution in [1.82, 2.24) is 0 Å². The van der Waals surface area contributed by atoms with Gasteiger partial charge in [-0.3, -0.25) is 0 Å². The van der Waals surface area contributed by atoms with Crippen LogP contribution in [0.2, 0.25) is 0 Å². The molecular weight excluding hydrogens is 258 g/mol. The van der Waals surface area contributed by atoms with E-state index in [1.807, 2.05) is 0 Å². The van der Waals surface area contributed by atoms with Gasteiger partial charge in [0.1, 0.15) is 0 Å². The van der Waals surface area contributed by atoms with Crippen LogP contribution in [-0.4, -0.2) is 73.2 Å². The molecule has 0 spiro atoms. The first-order valence-corrected chi connectivity index (χ1v) is 4.90. The summed E-state index contributed by atoms with van der Waals surface area (Å²) in [4.78, 5) is 56.2. The molecule has 0 unspecified atom stereocenters. The van der Waals surface area contributed by atoms with Crippen LogP contribution in [0.3, 0.4) is 0 Å². The summed E-state index contributed by atoms with van der Waals surface area (Å²) in [6.07, 6.45) is 0. The van der Waals surface area contributed by atoms with E-state index in [0.29, 0.717) is 0 Å². The Morgan fingerprint density at radius 1 is 0.750 bits per heavy atom. The van der Waals surface area contributed by atoms with Gasteiger partial charge in [-0.05, 0) is 0 Å². The second-order valence-electron chi connectivity index (χ2n) is 1.10. The third kappa shape index (κ3) is 23.1. The Morgan fingerprint density at radius 3 is 0.917 bits per heavy atom. The van der Waals surface area contributed by atoms with Crippen LogP contribution in [0.15, 0.2) is 0 Å². The molecule has 0 saturated heterocycles. The van der Waals surface area contributed by atoms with E-state index < -0.39 is 18.1 Å². The van der Waals surface area contributed by atoms with Gasteiger partial charge in [-0.2, -0.15) is 0 Å². The molecule has 0 aliphatic carbocycles. The van der Waals surface area contributed by atoms with Gasteiger partial charge in [-0.25, -0.2) is 0 Å². The molecule has 0 aliphatic heterocycles. The zero-order chi connectivity index (χ0) is 7.71. The number of hydrogen-bond donors (Lipinski definition) is 0. The van der Waals surface area contributed by atoms with Crippen LogP contribution in [0.4, 0.5) is 0 Å². The topological polar surface area (TPSA) is 148 Å². The Hall–Kier alpha value is 2.95. The van der Waals surface area contributed by atoms with Crippen LogP contribution >= 0.6 is 0 Å². The van der Waals surface area contributed by atoms with E-state index in [0.717, 1.165) is 0 Å². The minimum atomic E-state index is -5.92. The van der Waals surface area contributed by atoms with Crippen molar-refractivity contribution < 1.29 is 62.4 Å². The summed E-state index contributed by atoms with van der Waals surface area (Å²) in [5.74, 6) is 0. The normalized spacial score (nSPS) is 10.5. The van der Waals surface area contributed by atoms with E-state index in [-0.39, 0.29) is 84.7 Å². The summed E-state index contributed by atoms with van der Waals surface area (Å²) in [5.41, 5.74) is 0. The summed E-state index contributed by atoms with van der Waals surface area (Å²) in [6, 6.07) is 0. The van der Waals surface area contributed by atoms with Crippen molar-refractivity contribution in [2.24, 2.45) is 0 Å². The first-order chi connectivity index (χ1) is 3.71. The third-order valence-electron chi connectivity index (χ3n) is 0.250. The van der Waals surface area contributed by atoms with Gasteiger partial charge in [0, 0.05) is 0 Å². The molecule has 0 N–H and O–H groups in total. The third-order valence-corrected chi connectivity index (χ3v) is 2.25. The van der Waals surface area contributed by atoms with Gasteiger partial charge < -0.3 is 32.9 Å². The average molecular weight is 258 g/mol. The van der Waals surface area contributed by atoms with E-state index in [1.165, 1.54) is 0 Å². The fourth-order valence-corrected chi connectivity index (χ4v) is 1.38. The van der Waals surface area contributed by atoms with E-state index >= 15 is 0 Å². The maximum absolute atomic E-state index is 9.36. The maximum Gasteiger partial charge on any atom is 3.00 e. The van der Waals surface area contributed by atoms with Crippen LogP contribution in [0.25, 0.3) is 0 Å². The van der Waals surface area contributed by atoms with Crippen molar-refractivity contribution in [3.8, 4) is 0 Å². The van der Waals surface area contributed by atoms with Gasteiger partial charge >= 0.3 is 84.7 Å². The monoisotopic (exact) mass is 258 g/mol. The van der Waals surface area contributed by atoms with E-state index in [4.69, 9.17) is 0 Å². The minimum absolute atomic E-state index is 0. The molecule has 0 aromatic rings. The zero-order valence-electron chi connectivity index (χ0n) is 6.14. The average Bonchev–Trinajstić information content (AvgIpc) is 1.14. The maximum atomic E-state index is 9.36. The van der Waals surface area contributed by atoms with Gasteiger partial charge in [0.25, 0.3) is 0 Å². The fraction of sp³-hybridized carbons (Fsp3) is 0. The second kappa shape index (κ2) is 9.19. The Kier molecular flexibility index (Phi) is 18.6. The molecule has 0 radical (unpaired) electrons. The van der Waals surface area contributed by atoms with Crippen molar-refractivity contribution in [2.75, 3.05) is 0 Å². The molecule has 0 aromatic heterocycles. The molecular formula is AlCaNaO7Si2. The summed E-state index contributed by atoms with van der Waals surface area (Å²) >= 11 is 0. The molecule has 56 valence electrons. The Labute approximate surface area is 133 Å². The largest absolute Gasteiger partial charge is 3.00 e. The Bertz CT molecular complexity index is 86.6. The molecule has 0 heterocycles. The quantitative estimate of drug-likeness (QED) is 0.446. The molecule has 0 amide bonds. The van der Waals surface area contributed by atoms with Crippen molar-refractivity contribution in [1.29, 1.82) is 0 Å². The summed E-state index contributed by atoms with van der Waals surface area (Å²) < 4.78 is 2.57. The van der Waals surface area contributed by atoms with E-state index in [9.17, 15) is 28.8 Å². The first kappa shape index (κ1) is 24.3. The molecule has 0 saturated carbocycles. The van der Waals surface area contributed by atoms with Crippen molar-refractivity contribution >= 4 is 73.2 Å². The van der Waals surface area contributed by atoms with E-state index in [1.54, 1.807) is 0 Å². The molecule has 0 aromatic carbocycles. The summed E-state index contributed by atoms with van der Waals surface area (Å²) in [6.45, 7) is 0. The SMILES string of the molecule is [Al+3].[Ca+2].[Na+].[O-][Si]([O-])([O-])O[Si]([O-])([O-])[O-]. The summed E-state index contributed by atoms with van der Waals surface area (Å²) in [5, 5.41) is 0. The predicted octanol–water partition coefficient (Wildman–Crippen LogP) is -11.7. The van der Waals surface area contributed by atoms with Crippen LogP contribution < -0.4 is 58.3 Å². The van der Waals surface area contributed by atoms with Crippen LogP contribution in [0.1, 0.15) is 0 Å². The molecule has 12 heavy (non-hydrogen) atoms. The van der Waals surface area contributed by atoms with Crippen LogP contribution in [0.5, 0.6) is 0 Å². The van der Waals surface area contributed by atoms with Gasteiger partial charge in [-0.1, -0.05) is 0 Å². The summed E-state index contributed by atoms with van der Waals surface area (Å²) in [7, 11) is -11.8. The van der Waals surface area contributed by atoms with Crippen molar-refractivity contribution in [2.45, 2.75) is 0 Å². The van der Waals surface area contributed by atoms with Gasteiger partial charge in [-0.15, -0.1) is 18.1 Å². The standard InChI is InChI=1S/Al.Ca.Na.O7Si2/c;;;1-8(2,3)7-9(4,5)6/q+3;+2;+1;-6. The second-order valence-corrected chi connectivity index (χ2v) is 3.92. The smallest absolute Gasteiger partial charge is 0.862 e. The molecule has 0 aliphatic rings. The minimum Gasteiger partial charge on any atom is -0.862 e. The zero-order valence-corrected chi connectivity index (χ0v) is 13.5. The molecule has 7 nitrogen and oxygen atoms in total. The number of rotatable bonds is 2. The Balaban J connectivity index is -0.000000107. The van der Waals surface area contributed by atoms with Gasteiger partial charge in [0.2, 0.25) is 0 Å². The van der Waals surface area contributed by atoms with Crippen molar-refractivity contribution in [3.05, 3.63) is 0 Å². The molecule has 0 atom stereocenters. The fourth-order valence-electron chi connectivity index (χ4n) is 0.153. The molecule has 0 fully saturated rings. The number of hydrogen-bond acceptors (Lipinski definition) is 7. The van der Waals surface area contributed by atoms with Gasteiger partial charge in [0.15, 0.2) is 0 Å². The van der Waals surface area contributed by atoms with E-state index in [2.05, 4.69) is 4.12 Å². The van der Waals surface area contributed by atoms with Gasteiger partial charge in [0.05, 0.1) is 0 Å².